The van der Waals surface area contributed by atoms with Crippen LogP contribution in [-0.4, -0.2) is 29.3 Å². The zero-order chi connectivity index (χ0) is 24.1. The molecule has 0 bridgehead atoms. The minimum absolute atomic E-state index is 0.156. The number of carbonyl (C=O) groups is 1. The van der Waals surface area contributed by atoms with Crippen LogP contribution in [0.15, 0.2) is 41.0 Å². The first-order valence-electron chi connectivity index (χ1n) is 12.5. The average Bonchev–Trinajstić information content (AvgIpc) is 3.44. The standard InChI is InChI=1S/C28H37NO5/c1-19(2)33-27(30)28(14-5-6-15-28)32-17-22-8-7-9-24(16-22)31-18-25-21(4)34-26(29-25)23-12-10-20(3)11-13-23/h10-13,22,24H,1,5-9,14-18H2,2-4H3. The summed E-state index contributed by atoms with van der Waals surface area (Å²) in [4.78, 5) is 17.4. The summed E-state index contributed by atoms with van der Waals surface area (Å²) in [5.74, 6) is 1.93. The molecule has 0 aliphatic heterocycles. The molecule has 1 aromatic carbocycles. The van der Waals surface area contributed by atoms with Gasteiger partial charge < -0.3 is 18.6 Å². The van der Waals surface area contributed by atoms with E-state index in [0.29, 0.717) is 30.8 Å². The molecule has 2 fully saturated rings. The fourth-order valence-electron chi connectivity index (χ4n) is 5.00. The highest BCUT2D eigenvalue weighted by molar-refractivity contribution is 5.80. The van der Waals surface area contributed by atoms with Gasteiger partial charge in [-0.25, -0.2) is 9.78 Å². The molecule has 34 heavy (non-hydrogen) atoms. The quantitative estimate of drug-likeness (QED) is 0.312. The van der Waals surface area contributed by atoms with Gasteiger partial charge in [-0.1, -0.05) is 30.7 Å². The second-order valence-corrected chi connectivity index (χ2v) is 9.96. The average molecular weight is 468 g/mol. The van der Waals surface area contributed by atoms with Crippen molar-refractivity contribution in [1.82, 2.24) is 4.98 Å². The summed E-state index contributed by atoms with van der Waals surface area (Å²) in [7, 11) is 0. The van der Waals surface area contributed by atoms with Crippen LogP contribution in [0.4, 0.5) is 0 Å². The third kappa shape index (κ3) is 5.97. The minimum Gasteiger partial charge on any atom is -0.441 e. The number of aryl methyl sites for hydroxylation is 2. The molecule has 184 valence electrons. The number of ether oxygens (including phenoxy) is 3. The molecule has 2 aliphatic rings. The van der Waals surface area contributed by atoms with Gasteiger partial charge in [0.2, 0.25) is 5.89 Å². The molecule has 0 spiro atoms. The first kappa shape index (κ1) is 24.7. The van der Waals surface area contributed by atoms with Crippen LogP contribution < -0.4 is 0 Å². The van der Waals surface area contributed by atoms with Gasteiger partial charge in [-0.2, -0.15) is 0 Å². The maximum absolute atomic E-state index is 12.7. The molecule has 4 rings (SSSR count). The van der Waals surface area contributed by atoms with Crippen LogP contribution in [0, 0.1) is 19.8 Å². The van der Waals surface area contributed by atoms with E-state index in [1.165, 1.54) is 5.56 Å². The summed E-state index contributed by atoms with van der Waals surface area (Å²) < 4.78 is 23.8. The second-order valence-electron chi connectivity index (χ2n) is 9.96. The van der Waals surface area contributed by atoms with Gasteiger partial charge in [-0.15, -0.1) is 0 Å². The molecule has 2 saturated carbocycles. The summed E-state index contributed by atoms with van der Waals surface area (Å²) in [6, 6.07) is 8.17. The van der Waals surface area contributed by atoms with Crippen LogP contribution in [-0.2, 0) is 25.6 Å². The molecule has 0 amide bonds. The summed E-state index contributed by atoms with van der Waals surface area (Å²) in [5.41, 5.74) is 2.22. The van der Waals surface area contributed by atoms with E-state index < -0.39 is 5.60 Å². The normalized spacial score (nSPS) is 22.0. The van der Waals surface area contributed by atoms with Crippen molar-refractivity contribution in [2.24, 2.45) is 5.92 Å². The van der Waals surface area contributed by atoms with Gasteiger partial charge in [0.1, 0.15) is 11.5 Å². The molecule has 0 radical (unpaired) electrons. The highest BCUT2D eigenvalue weighted by Crippen LogP contribution is 2.37. The van der Waals surface area contributed by atoms with Crippen molar-refractivity contribution in [1.29, 1.82) is 0 Å². The van der Waals surface area contributed by atoms with Crippen LogP contribution in [0.1, 0.15) is 75.3 Å². The van der Waals surface area contributed by atoms with Crippen molar-refractivity contribution in [2.45, 2.75) is 90.4 Å². The van der Waals surface area contributed by atoms with Gasteiger partial charge in [0.05, 0.1) is 25.1 Å². The zero-order valence-electron chi connectivity index (χ0n) is 20.7. The molecule has 2 aromatic rings. The predicted octanol–water partition coefficient (Wildman–Crippen LogP) is 6.44. The van der Waals surface area contributed by atoms with Crippen LogP contribution in [0.25, 0.3) is 11.5 Å². The van der Waals surface area contributed by atoms with E-state index in [1.807, 2.05) is 19.1 Å². The lowest BCUT2D eigenvalue weighted by atomic mass is 9.87. The van der Waals surface area contributed by atoms with Gasteiger partial charge in [0.25, 0.3) is 0 Å². The van der Waals surface area contributed by atoms with Crippen molar-refractivity contribution in [3.63, 3.8) is 0 Å². The number of oxazole rings is 1. The van der Waals surface area contributed by atoms with E-state index in [2.05, 4.69) is 30.6 Å². The molecule has 2 atom stereocenters. The van der Waals surface area contributed by atoms with Gasteiger partial charge in [0.15, 0.2) is 5.60 Å². The van der Waals surface area contributed by atoms with Crippen molar-refractivity contribution in [2.75, 3.05) is 6.61 Å². The lowest BCUT2D eigenvalue weighted by molar-refractivity contribution is -0.170. The Morgan fingerprint density at radius 2 is 1.88 bits per heavy atom. The lowest BCUT2D eigenvalue weighted by Crippen LogP contribution is -2.42. The molecule has 6 nitrogen and oxygen atoms in total. The number of esters is 1. The lowest BCUT2D eigenvalue weighted by Gasteiger charge is -2.33. The number of carbonyl (C=O) groups excluding carboxylic acids is 1. The Bertz CT molecular complexity index is 987. The topological polar surface area (TPSA) is 70.8 Å². The third-order valence-corrected chi connectivity index (χ3v) is 7.03. The minimum atomic E-state index is -0.809. The number of hydrogen-bond donors (Lipinski definition) is 0. The maximum Gasteiger partial charge on any atom is 0.343 e. The fourth-order valence-corrected chi connectivity index (χ4v) is 5.00. The van der Waals surface area contributed by atoms with E-state index in [1.54, 1.807) is 6.92 Å². The van der Waals surface area contributed by atoms with Crippen LogP contribution in [0.2, 0.25) is 0 Å². The largest absolute Gasteiger partial charge is 0.441 e. The molecule has 1 heterocycles. The molecular weight excluding hydrogens is 430 g/mol. The molecule has 1 aromatic heterocycles. The van der Waals surface area contributed by atoms with Crippen LogP contribution in [0.5, 0.6) is 0 Å². The van der Waals surface area contributed by atoms with Crippen LogP contribution >= 0.6 is 0 Å². The molecule has 2 unspecified atom stereocenters. The number of benzene rings is 1. The van der Waals surface area contributed by atoms with E-state index in [0.717, 1.165) is 68.4 Å². The Hall–Kier alpha value is -2.44. The number of hydrogen-bond acceptors (Lipinski definition) is 6. The van der Waals surface area contributed by atoms with E-state index in [9.17, 15) is 4.79 Å². The summed E-state index contributed by atoms with van der Waals surface area (Å²) in [6.07, 6.45) is 7.71. The van der Waals surface area contributed by atoms with E-state index >= 15 is 0 Å². The maximum atomic E-state index is 12.7. The van der Waals surface area contributed by atoms with Gasteiger partial charge in [-0.3, -0.25) is 0 Å². The Kier molecular flexibility index (Phi) is 7.89. The number of nitrogens with zero attached hydrogens (tertiary/aromatic N) is 1. The van der Waals surface area contributed by atoms with E-state index in [4.69, 9.17) is 18.6 Å². The number of allylic oxidation sites excluding steroid dienone is 1. The molecule has 6 heteroatoms. The summed E-state index contributed by atoms with van der Waals surface area (Å²) in [6.45, 7) is 10.4. The number of rotatable bonds is 9. The Morgan fingerprint density at radius 3 is 2.59 bits per heavy atom. The van der Waals surface area contributed by atoms with Gasteiger partial charge >= 0.3 is 5.97 Å². The molecule has 0 saturated heterocycles. The third-order valence-electron chi connectivity index (χ3n) is 7.03. The molecule has 2 aliphatic carbocycles. The van der Waals surface area contributed by atoms with Crippen molar-refractivity contribution in [3.8, 4) is 11.5 Å². The van der Waals surface area contributed by atoms with Gasteiger partial charge in [-0.05, 0) is 83.8 Å². The first-order chi connectivity index (χ1) is 16.3. The first-order valence-corrected chi connectivity index (χ1v) is 12.5. The SMILES string of the molecule is C=C(C)OC(=O)C1(OCC2CCCC(OCc3nc(-c4ccc(C)cc4)oc3C)C2)CCCC1. The highest BCUT2D eigenvalue weighted by atomic mass is 16.6. The smallest absolute Gasteiger partial charge is 0.343 e. The summed E-state index contributed by atoms with van der Waals surface area (Å²) >= 11 is 0. The van der Waals surface area contributed by atoms with Crippen molar-refractivity contribution < 1.29 is 23.4 Å². The highest BCUT2D eigenvalue weighted by Gasteiger charge is 2.44. The monoisotopic (exact) mass is 467 g/mol. The Morgan fingerprint density at radius 1 is 1.15 bits per heavy atom. The molecule has 0 N–H and O–H groups in total. The summed E-state index contributed by atoms with van der Waals surface area (Å²) in [5, 5.41) is 0. The van der Waals surface area contributed by atoms with Crippen molar-refractivity contribution >= 4 is 5.97 Å². The molecular formula is C28H37NO5. The van der Waals surface area contributed by atoms with Crippen LogP contribution in [0.3, 0.4) is 0 Å². The number of aromatic nitrogens is 1. The predicted molar refractivity (Wildman–Crippen MR) is 130 cm³/mol. The fraction of sp³-hybridized carbons (Fsp3) is 0.571. The Labute approximate surface area is 202 Å². The van der Waals surface area contributed by atoms with E-state index in [-0.39, 0.29) is 12.1 Å². The Balaban J connectivity index is 1.30. The van der Waals surface area contributed by atoms with Crippen molar-refractivity contribution in [3.05, 3.63) is 53.6 Å². The second kappa shape index (κ2) is 10.9. The zero-order valence-corrected chi connectivity index (χ0v) is 20.7. The van der Waals surface area contributed by atoms with Gasteiger partial charge in [0, 0.05) is 5.56 Å².